The predicted molar refractivity (Wildman–Crippen MR) is 69.7 cm³/mol. The van der Waals surface area contributed by atoms with Crippen LogP contribution in [0, 0.1) is 5.41 Å². The molecule has 1 saturated carbocycles. The van der Waals surface area contributed by atoms with E-state index in [0.717, 1.165) is 19.4 Å². The molecule has 0 aromatic rings. The molecule has 0 aliphatic heterocycles. The molecule has 0 heterocycles. The highest BCUT2D eigenvalue weighted by molar-refractivity contribution is 6.21. The first-order chi connectivity index (χ1) is 7.94. The molecule has 102 valence electrons. The molecule has 0 spiro atoms. The molecule has 3 unspecified atom stereocenters. The van der Waals surface area contributed by atoms with E-state index in [1.165, 1.54) is 0 Å². The molecule has 1 fully saturated rings. The second-order valence-corrected chi connectivity index (χ2v) is 6.36. The van der Waals surface area contributed by atoms with Crippen LogP contribution in [0.4, 0.5) is 0 Å². The van der Waals surface area contributed by atoms with Crippen molar-refractivity contribution in [3.8, 4) is 0 Å². The van der Waals surface area contributed by atoms with Gasteiger partial charge in [-0.1, -0.05) is 20.8 Å². The van der Waals surface area contributed by atoms with Crippen LogP contribution in [0.25, 0.3) is 0 Å². The zero-order valence-corrected chi connectivity index (χ0v) is 12.1. The molecule has 0 radical (unpaired) electrons. The van der Waals surface area contributed by atoms with E-state index in [4.69, 9.17) is 25.8 Å². The minimum absolute atomic E-state index is 0.0341. The van der Waals surface area contributed by atoms with Crippen molar-refractivity contribution in [3.05, 3.63) is 0 Å². The van der Waals surface area contributed by atoms with Crippen molar-refractivity contribution in [1.82, 2.24) is 0 Å². The van der Waals surface area contributed by atoms with Crippen LogP contribution in [0.1, 0.15) is 33.6 Å². The molecule has 0 aromatic heterocycles. The maximum absolute atomic E-state index is 6.11. The average molecular weight is 265 g/mol. The van der Waals surface area contributed by atoms with Gasteiger partial charge in [-0.05, 0) is 18.3 Å². The summed E-state index contributed by atoms with van der Waals surface area (Å²) in [7, 11) is 1.67. The maximum atomic E-state index is 6.11. The van der Waals surface area contributed by atoms with Crippen LogP contribution in [0.15, 0.2) is 0 Å². The summed E-state index contributed by atoms with van der Waals surface area (Å²) < 4.78 is 16.4. The molecule has 17 heavy (non-hydrogen) atoms. The molecule has 1 aliphatic carbocycles. The summed E-state index contributed by atoms with van der Waals surface area (Å²) in [6, 6.07) is 0. The van der Waals surface area contributed by atoms with Crippen LogP contribution in [0.2, 0.25) is 0 Å². The fraction of sp³-hybridized carbons (Fsp3) is 1.00. The lowest BCUT2D eigenvalue weighted by Crippen LogP contribution is -2.51. The van der Waals surface area contributed by atoms with E-state index in [1.807, 2.05) is 0 Å². The van der Waals surface area contributed by atoms with E-state index < -0.39 is 0 Å². The van der Waals surface area contributed by atoms with Gasteiger partial charge in [0.25, 0.3) is 0 Å². The Morgan fingerprint density at radius 1 is 1.12 bits per heavy atom. The summed E-state index contributed by atoms with van der Waals surface area (Å²) in [5, 5.41) is 0.0893. The Labute approximate surface area is 110 Å². The maximum Gasteiger partial charge on any atom is 0.100 e. The minimum atomic E-state index is 0.0341. The second-order valence-electron chi connectivity index (χ2n) is 5.80. The van der Waals surface area contributed by atoms with Crippen molar-refractivity contribution in [1.29, 1.82) is 0 Å². The average Bonchev–Trinajstić information content (AvgIpc) is 2.21. The monoisotopic (exact) mass is 264 g/mol. The first kappa shape index (κ1) is 15.2. The molecule has 0 amide bonds. The lowest BCUT2D eigenvalue weighted by Gasteiger charge is -2.40. The van der Waals surface area contributed by atoms with Gasteiger partial charge in [-0.2, -0.15) is 0 Å². The predicted octanol–water partition coefficient (Wildman–Crippen LogP) is 2.85. The van der Waals surface area contributed by atoms with Crippen molar-refractivity contribution in [3.63, 3.8) is 0 Å². The largest absolute Gasteiger partial charge is 0.382 e. The zero-order chi connectivity index (χ0) is 12.9. The Balaban J connectivity index is 2.16. The van der Waals surface area contributed by atoms with Crippen LogP contribution < -0.4 is 0 Å². The molecule has 1 rings (SSSR count). The van der Waals surface area contributed by atoms with Gasteiger partial charge in [0, 0.05) is 13.7 Å². The number of ether oxygens (including phenoxy) is 3. The summed E-state index contributed by atoms with van der Waals surface area (Å²) in [5.74, 6) is 0. The number of halogens is 1. The van der Waals surface area contributed by atoms with E-state index in [1.54, 1.807) is 7.11 Å². The summed E-state index contributed by atoms with van der Waals surface area (Å²) in [5.41, 5.74) is 0.316. The van der Waals surface area contributed by atoms with Gasteiger partial charge in [-0.25, -0.2) is 0 Å². The lowest BCUT2D eigenvalue weighted by molar-refractivity contribution is -0.132. The standard InChI is InChI=1S/C13H25ClO3/c1-13(2,3)5-6-16-11-9-10(14)12(11)17-8-7-15-4/h10-12H,5-9H2,1-4H3. The Morgan fingerprint density at radius 2 is 1.82 bits per heavy atom. The fourth-order valence-corrected chi connectivity index (χ4v) is 2.10. The third-order valence-electron chi connectivity index (χ3n) is 2.96. The van der Waals surface area contributed by atoms with Gasteiger partial charge in [0.05, 0.1) is 24.7 Å². The van der Waals surface area contributed by atoms with E-state index in [9.17, 15) is 0 Å². The lowest BCUT2D eigenvalue weighted by atomic mass is 9.90. The van der Waals surface area contributed by atoms with Gasteiger partial charge >= 0.3 is 0 Å². The van der Waals surface area contributed by atoms with Gasteiger partial charge < -0.3 is 14.2 Å². The summed E-state index contributed by atoms with van der Waals surface area (Å²) in [4.78, 5) is 0. The van der Waals surface area contributed by atoms with Crippen molar-refractivity contribution < 1.29 is 14.2 Å². The second kappa shape index (κ2) is 6.93. The summed E-state index contributed by atoms with van der Waals surface area (Å²) >= 11 is 6.11. The molecular weight excluding hydrogens is 240 g/mol. The van der Waals surface area contributed by atoms with E-state index in [-0.39, 0.29) is 17.6 Å². The van der Waals surface area contributed by atoms with Crippen LogP contribution in [0.5, 0.6) is 0 Å². The Hall–Kier alpha value is 0.170. The molecule has 0 N–H and O–H groups in total. The molecule has 3 atom stereocenters. The molecule has 0 saturated heterocycles. The van der Waals surface area contributed by atoms with Crippen molar-refractivity contribution >= 4 is 11.6 Å². The van der Waals surface area contributed by atoms with Crippen LogP contribution >= 0.6 is 11.6 Å². The van der Waals surface area contributed by atoms with Crippen molar-refractivity contribution in [2.24, 2.45) is 5.41 Å². The highest BCUT2D eigenvalue weighted by Gasteiger charge is 2.41. The van der Waals surface area contributed by atoms with Crippen molar-refractivity contribution in [2.45, 2.75) is 51.2 Å². The van der Waals surface area contributed by atoms with Gasteiger partial charge in [0.2, 0.25) is 0 Å². The fourth-order valence-electron chi connectivity index (χ4n) is 1.69. The molecule has 0 bridgehead atoms. The van der Waals surface area contributed by atoms with Gasteiger partial charge in [0.15, 0.2) is 0 Å². The van der Waals surface area contributed by atoms with E-state index in [2.05, 4.69) is 20.8 Å². The molecule has 1 aliphatic rings. The van der Waals surface area contributed by atoms with Gasteiger partial charge in [-0.3, -0.25) is 0 Å². The number of rotatable bonds is 7. The molecular formula is C13H25ClO3. The van der Waals surface area contributed by atoms with Gasteiger partial charge in [0.1, 0.15) is 6.10 Å². The third kappa shape index (κ3) is 5.56. The van der Waals surface area contributed by atoms with Crippen LogP contribution in [-0.2, 0) is 14.2 Å². The molecule has 3 nitrogen and oxygen atoms in total. The van der Waals surface area contributed by atoms with E-state index in [0.29, 0.717) is 18.6 Å². The first-order valence-corrected chi connectivity index (χ1v) is 6.74. The number of methoxy groups -OCH3 is 1. The van der Waals surface area contributed by atoms with Crippen LogP contribution in [-0.4, -0.2) is 44.5 Å². The first-order valence-electron chi connectivity index (χ1n) is 6.30. The summed E-state index contributed by atoms with van der Waals surface area (Å²) in [6.07, 6.45) is 2.15. The number of hydrogen-bond donors (Lipinski definition) is 0. The topological polar surface area (TPSA) is 27.7 Å². The van der Waals surface area contributed by atoms with E-state index >= 15 is 0 Å². The van der Waals surface area contributed by atoms with Crippen molar-refractivity contribution in [2.75, 3.05) is 26.9 Å². The smallest absolute Gasteiger partial charge is 0.100 e. The number of alkyl halides is 1. The molecule has 4 heteroatoms. The minimum Gasteiger partial charge on any atom is -0.382 e. The highest BCUT2D eigenvalue weighted by atomic mass is 35.5. The Morgan fingerprint density at radius 3 is 2.35 bits per heavy atom. The Bertz CT molecular complexity index is 215. The van der Waals surface area contributed by atoms with Gasteiger partial charge in [-0.15, -0.1) is 11.6 Å². The Kier molecular flexibility index (Phi) is 6.21. The highest BCUT2D eigenvalue weighted by Crippen LogP contribution is 2.32. The molecule has 0 aromatic carbocycles. The number of hydrogen-bond acceptors (Lipinski definition) is 3. The quantitative estimate of drug-likeness (QED) is 0.523. The normalized spacial score (nSPS) is 29.1. The van der Waals surface area contributed by atoms with Crippen LogP contribution in [0.3, 0.4) is 0 Å². The SMILES string of the molecule is COCCOC1C(Cl)CC1OCCC(C)(C)C. The summed E-state index contributed by atoms with van der Waals surface area (Å²) in [6.45, 7) is 8.62. The third-order valence-corrected chi connectivity index (χ3v) is 3.39. The zero-order valence-electron chi connectivity index (χ0n) is 11.4.